The lowest BCUT2D eigenvalue weighted by atomic mass is 10.2. The number of aromatic nitrogens is 3. The molecule has 1 saturated heterocycles. The van der Waals surface area contributed by atoms with Crippen molar-refractivity contribution in [1.29, 1.82) is 0 Å². The maximum atomic E-state index is 15.5. The monoisotopic (exact) mass is 539 g/mol. The second-order valence-corrected chi connectivity index (χ2v) is 10.5. The number of anilines is 3. The highest BCUT2D eigenvalue weighted by Gasteiger charge is 2.26. The number of rotatable bonds is 8. The molecule has 8 nitrogen and oxygen atoms in total. The Hall–Kier alpha value is -3.41. The van der Waals surface area contributed by atoms with Crippen LogP contribution in [0.15, 0.2) is 53.7 Å². The van der Waals surface area contributed by atoms with Crippen molar-refractivity contribution in [3.63, 3.8) is 0 Å². The summed E-state index contributed by atoms with van der Waals surface area (Å²) in [5, 5.41) is 3.80. The van der Waals surface area contributed by atoms with Crippen LogP contribution in [0.25, 0.3) is 16.7 Å². The van der Waals surface area contributed by atoms with E-state index >= 15 is 8.78 Å². The van der Waals surface area contributed by atoms with Crippen LogP contribution in [0, 0.1) is 11.6 Å². The van der Waals surface area contributed by atoms with Gasteiger partial charge in [0.15, 0.2) is 17.4 Å². The van der Waals surface area contributed by atoms with Crippen LogP contribution in [0.4, 0.5) is 26.1 Å². The van der Waals surface area contributed by atoms with Gasteiger partial charge in [-0.2, -0.15) is 4.98 Å². The molecule has 0 aliphatic carbocycles. The Morgan fingerprint density at radius 3 is 2.47 bits per heavy atom. The third-order valence-electron chi connectivity index (χ3n) is 6.37. The van der Waals surface area contributed by atoms with Crippen molar-refractivity contribution < 1.29 is 13.5 Å². The molecule has 1 aliphatic rings. The second kappa shape index (κ2) is 11.1. The number of hydrogen-bond donors (Lipinski definition) is 2. The van der Waals surface area contributed by atoms with Gasteiger partial charge in [0.1, 0.15) is 11.3 Å². The molecule has 0 amide bonds. The highest BCUT2D eigenvalue weighted by Crippen LogP contribution is 2.38. The Bertz CT molecular complexity index is 1420. The van der Waals surface area contributed by atoms with Gasteiger partial charge in [-0.1, -0.05) is 0 Å². The molecule has 4 aromatic rings. The van der Waals surface area contributed by atoms with Gasteiger partial charge in [0.25, 0.3) is 0 Å². The fraction of sp³-hybridized carbons (Fsp3) is 0.333. The fourth-order valence-electron chi connectivity index (χ4n) is 4.37. The van der Waals surface area contributed by atoms with Gasteiger partial charge in [-0.25, -0.2) is 13.8 Å². The highest BCUT2D eigenvalue weighted by molar-refractivity contribution is 7.97. The second-order valence-electron chi connectivity index (χ2n) is 9.54. The molecule has 0 atom stereocenters. The van der Waals surface area contributed by atoms with E-state index in [0.29, 0.717) is 24.8 Å². The standard InChI is InChI=1S/C27H31F2N7OS/c1-17(2)33-38-20-7-5-19(6-8-20)36-10-9-18-16-30-27(32-26(18)36)31-22-15-21(28)24(23(29)25(22)37-4)35-13-11-34(3)12-14-35/h5-10,15-17,33H,11-14H2,1-4H3,(H,30,31,32). The minimum Gasteiger partial charge on any atom is -0.491 e. The summed E-state index contributed by atoms with van der Waals surface area (Å²) in [6, 6.07) is 11.7. The van der Waals surface area contributed by atoms with Gasteiger partial charge in [-0.3, -0.25) is 4.72 Å². The SMILES string of the molecule is COc1c(Nc2ncc3ccn(-c4ccc(SNC(C)C)cc4)c3n2)cc(F)c(N2CCN(C)CC2)c1F. The summed E-state index contributed by atoms with van der Waals surface area (Å²) in [4.78, 5) is 14.0. The lowest BCUT2D eigenvalue weighted by Gasteiger charge is -2.34. The van der Waals surface area contributed by atoms with Crippen molar-refractivity contribution in [2.75, 3.05) is 50.6 Å². The van der Waals surface area contributed by atoms with Crippen LogP contribution in [0.5, 0.6) is 5.75 Å². The van der Waals surface area contributed by atoms with E-state index in [1.54, 1.807) is 23.0 Å². The minimum absolute atomic E-state index is 0.0732. The first-order chi connectivity index (χ1) is 18.3. The van der Waals surface area contributed by atoms with Gasteiger partial charge in [0, 0.05) is 66.7 Å². The zero-order chi connectivity index (χ0) is 26.8. The summed E-state index contributed by atoms with van der Waals surface area (Å²) in [6.07, 6.45) is 3.60. The van der Waals surface area contributed by atoms with E-state index in [4.69, 9.17) is 4.74 Å². The van der Waals surface area contributed by atoms with Crippen LogP contribution in [0.2, 0.25) is 0 Å². The molecule has 0 bridgehead atoms. The molecule has 0 saturated carbocycles. The van der Waals surface area contributed by atoms with Crippen LogP contribution < -0.4 is 19.7 Å². The predicted octanol–water partition coefficient (Wildman–Crippen LogP) is 5.21. The number of ether oxygens (including phenoxy) is 1. The van der Waals surface area contributed by atoms with Crippen molar-refractivity contribution in [2.45, 2.75) is 24.8 Å². The van der Waals surface area contributed by atoms with Crippen LogP contribution in [0.1, 0.15) is 13.8 Å². The molecule has 11 heteroatoms. The first kappa shape index (κ1) is 26.2. The zero-order valence-corrected chi connectivity index (χ0v) is 22.6. The summed E-state index contributed by atoms with van der Waals surface area (Å²) < 4.78 is 41.3. The summed E-state index contributed by atoms with van der Waals surface area (Å²) in [5.41, 5.74) is 1.65. The number of nitrogens with one attached hydrogen (secondary N) is 2. The number of benzene rings is 2. The Kier molecular flexibility index (Phi) is 7.68. The van der Waals surface area contributed by atoms with Crippen molar-refractivity contribution in [3.8, 4) is 11.4 Å². The first-order valence-electron chi connectivity index (χ1n) is 12.5. The largest absolute Gasteiger partial charge is 0.491 e. The third kappa shape index (κ3) is 5.40. The Morgan fingerprint density at radius 1 is 1.05 bits per heavy atom. The topological polar surface area (TPSA) is 70.5 Å². The van der Waals surface area contributed by atoms with E-state index in [1.165, 1.54) is 13.2 Å². The molecular weight excluding hydrogens is 508 g/mol. The maximum absolute atomic E-state index is 15.5. The van der Waals surface area contributed by atoms with Gasteiger partial charge < -0.3 is 24.4 Å². The Morgan fingerprint density at radius 2 is 1.79 bits per heavy atom. The van der Waals surface area contributed by atoms with E-state index in [1.807, 2.05) is 48.1 Å². The van der Waals surface area contributed by atoms with Gasteiger partial charge in [0.2, 0.25) is 5.95 Å². The van der Waals surface area contributed by atoms with Gasteiger partial charge in [-0.05, 0) is 63.2 Å². The quantitative estimate of drug-likeness (QED) is 0.296. The van der Waals surface area contributed by atoms with Crippen LogP contribution in [-0.2, 0) is 0 Å². The first-order valence-corrected chi connectivity index (χ1v) is 13.3. The normalized spacial score (nSPS) is 14.4. The molecule has 0 unspecified atom stereocenters. The Labute approximate surface area is 225 Å². The van der Waals surface area contributed by atoms with E-state index in [9.17, 15) is 0 Å². The van der Waals surface area contributed by atoms with E-state index in [0.717, 1.165) is 29.1 Å². The van der Waals surface area contributed by atoms with Crippen molar-refractivity contribution in [1.82, 2.24) is 24.2 Å². The number of fused-ring (bicyclic) bond motifs is 1. The molecule has 2 aromatic carbocycles. The van der Waals surface area contributed by atoms with Crippen molar-refractivity contribution >= 4 is 40.3 Å². The lowest BCUT2D eigenvalue weighted by molar-refractivity contribution is 0.309. The van der Waals surface area contributed by atoms with Crippen LogP contribution in [-0.4, -0.2) is 65.8 Å². The summed E-state index contributed by atoms with van der Waals surface area (Å²) in [6.45, 7) is 6.71. The van der Waals surface area contributed by atoms with Gasteiger partial charge >= 0.3 is 0 Å². The molecule has 5 rings (SSSR count). The molecule has 1 fully saturated rings. The number of piperazine rings is 1. The smallest absolute Gasteiger partial charge is 0.229 e. The van der Waals surface area contributed by atoms with Crippen molar-refractivity contribution in [2.24, 2.45) is 0 Å². The van der Waals surface area contributed by atoms with Crippen LogP contribution in [0.3, 0.4) is 0 Å². The zero-order valence-electron chi connectivity index (χ0n) is 21.8. The predicted molar refractivity (Wildman–Crippen MR) is 149 cm³/mol. The average molecular weight is 540 g/mol. The average Bonchev–Trinajstić information content (AvgIpc) is 3.32. The number of nitrogens with zero attached hydrogens (tertiary/aromatic N) is 5. The molecule has 200 valence electrons. The molecular formula is C27H31F2N7OS. The molecule has 2 aromatic heterocycles. The molecule has 3 heterocycles. The van der Waals surface area contributed by atoms with Crippen molar-refractivity contribution in [3.05, 3.63) is 60.4 Å². The molecule has 38 heavy (non-hydrogen) atoms. The van der Waals surface area contributed by atoms with Gasteiger partial charge in [-0.15, -0.1) is 0 Å². The van der Waals surface area contributed by atoms with E-state index in [2.05, 4.69) is 38.8 Å². The number of likely N-dealkylation sites (N-methyl/N-ethyl adjacent to an activating group) is 1. The maximum Gasteiger partial charge on any atom is 0.229 e. The lowest BCUT2D eigenvalue weighted by Crippen LogP contribution is -2.45. The summed E-state index contributed by atoms with van der Waals surface area (Å²) >= 11 is 1.58. The number of hydrogen-bond acceptors (Lipinski definition) is 8. The van der Waals surface area contributed by atoms with Gasteiger partial charge in [0.05, 0.1) is 12.8 Å². The number of halogens is 2. The molecule has 0 spiro atoms. The van der Waals surface area contributed by atoms with E-state index in [-0.39, 0.29) is 23.1 Å². The third-order valence-corrected chi connectivity index (χ3v) is 7.47. The summed E-state index contributed by atoms with van der Waals surface area (Å²) in [5.74, 6) is -1.28. The fourth-order valence-corrected chi connectivity index (χ4v) is 5.02. The number of methoxy groups -OCH3 is 1. The van der Waals surface area contributed by atoms with E-state index < -0.39 is 11.6 Å². The highest BCUT2D eigenvalue weighted by atomic mass is 32.2. The minimum atomic E-state index is -0.742. The summed E-state index contributed by atoms with van der Waals surface area (Å²) in [7, 11) is 3.35. The Balaban J connectivity index is 1.42. The molecule has 0 radical (unpaired) electrons. The van der Waals surface area contributed by atoms with Crippen LogP contribution >= 0.6 is 11.9 Å². The molecule has 2 N–H and O–H groups in total. The molecule has 1 aliphatic heterocycles.